The number of nitrogens with one attached hydrogen (secondary N) is 3. The number of benzene rings is 4. The number of primary amides is 1. The number of carbonyl (C=O) groups is 3. The number of ether oxygens (including phenoxy) is 1. The van der Waals surface area contributed by atoms with Crippen LogP contribution in [0.3, 0.4) is 0 Å². The summed E-state index contributed by atoms with van der Waals surface area (Å²) in [7, 11) is 0. The van der Waals surface area contributed by atoms with Gasteiger partial charge in [0, 0.05) is 52.4 Å². The summed E-state index contributed by atoms with van der Waals surface area (Å²) in [6, 6.07) is 30.6. The number of H-pyrrole nitrogens is 2. The van der Waals surface area contributed by atoms with E-state index in [-0.39, 0.29) is 31.1 Å². The third-order valence-corrected chi connectivity index (χ3v) is 9.96. The minimum atomic E-state index is -2.07. The van der Waals surface area contributed by atoms with Crippen LogP contribution < -0.4 is 11.1 Å². The van der Waals surface area contributed by atoms with Crippen molar-refractivity contribution in [3.8, 4) is 11.1 Å². The number of aromatic nitrogens is 2. The first-order chi connectivity index (χ1) is 23.7. The van der Waals surface area contributed by atoms with Crippen molar-refractivity contribution in [3.63, 3.8) is 0 Å². The van der Waals surface area contributed by atoms with E-state index in [1.165, 1.54) is 0 Å². The number of aliphatic carboxylic acids is 1. The Balaban J connectivity index is 1.27. The number of alkyl carbamates (subject to hydrolysis) is 1. The molecule has 0 saturated heterocycles. The fourth-order valence-corrected chi connectivity index (χ4v) is 7.52. The van der Waals surface area contributed by atoms with Gasteiger partial charge in [-0.15, -0.1) is 0 Å². The van der Waals surface area contributed by atoms with E-state index in [1.54, 1.807) is 24.3 Å². The third-order valence-electron chi connectivity index (χ3n) is 9.96. The predicted octanol–water partition coefficient (Wildman–Crippen LogP) is 5.81. The van der Waals surface area contributed by atoms with E-state index in [0.29, 0.717) is 22.0 Å². The fraction of sp³-hybridized carbons (Fsp3) is 0.205. The number of nitrogens with two attached hydrogens (primary N) is 1. The predicted molar refractivity (Wildman–Crippen MR) is 186 cm³/mol. The van der Waals surface area contributed by atoms with Gasteiger partial charge in [-0.3, -0.25) is 4.79 Å². The summed E-state index contributed by atoms with van der Waals surface area (Å²) < 4.78 is 5.86. The molecule has 2 heterocycles. The third kappa shape index (κ3) is 5.49. The molecule has 0 saturated carbocycles. The summed E-state index contributed by atoms with van der Waals surface area (Å²) >= 11 is 0. The van der Waals surface area contributed by atoms with Crippen LogP contribution >= 0.6 is 0 Å². The van der Waals surface area contributed by atoms with Crippen molar-refractivity contribution < 1.29 is 29.3 Å². The average Bonchev–Trinajstić information content (AvgIpc) is 3.74. The maximum atomic E-state index is 13.9. The molecule has 0 fully saturated rings. The number of aliphatic hydroxyl groups is 1. The Hall–Kier alpha value is -5.87. The number of hydrogen-bond donors (Lipinski definition) is 6. The summed E-state index contributed by atoms with van der Waals surface area (Å²) in [5.74, 6) is -3.44. The molecule has 0 aliphatic heterocycles. The number of aliphatic hydroxyl groups excluding tert-OH is 1. The first-order valence-electron chi connectivity index (χ1n) is 16.1. The van der Waals surface area contributed by atoms with Crippen molar-refractivity contribution in [1.29, 1.82) is 0 Å². The molecule has 2 amide bonds. The molecule has 10 heteroatoms. The van der Waals surface area contributed by atoms with Gasteiger partial charge in [-0.1, -0.05) is 84.9 Å². The Morgan fingerprint density at radius 3 is 1.98 bits per heavy atom. The molecule has 0 radical (unpaired) electrons. The SMILES string of the molecule is Cc1[nH]c2ccccc2c1C[C@](NC(=O)OCC1c2ccccc2-c2ccccc21)(C(=O)O)[C@H](CO)Cc1c(C(N)=O)[nH]c2ccccc12. The lowest BCUT2D eigenvalue weighted by Crippen LogP contribution is -2.62. The van der Waals surface area contributed by atoms with E-state index in [9.17, 15) is 24.6 Å². The van der Waals surface area contributed by atoms with Crippen LogP contribution in [0.4, 0.5) is 4.79 Å². The lowest BCUT2D eigenvalue weighted by molar-refractivity contribution is -0.148. The monoisotopic (exact) mass is 656 g/mol. The number of aromatic amines is 2. The van der Waals surface area contributed by atoms with Gasteiger partial charge in [0.2, 0.25) is 0 Å². The molecule has 0 unspecified atom stereocenters. The second-order valence-corrected chi connectivity index (χ2v) is 12.6. The molecule has 4 aromatic carbocycles. The van der Waals surface area contributed by atoms with Crippen LogP contribution in [0, 0.1) is 12.8 Å². The van der Waals surface area contributed by atoms with Crippen molar-refractivity contribution in [2.45, 2.75) is 31.2 Å². The molecule has 6 aromatic rings. The molecule has 248 valence electrons. The lowest BCUT2D eigenvalue weighted by atomic mass is 9.75. The summed E-state index contributed by atoms with van der Waals surface area (Å²) in [6.07, 6.45) is -1.20. The summed E-state index contributed by atoms with van der Waals surface area (Å²) in [4.78, 5) is 46.4. The van der Waals surface area contributed by atoms with Gasteiger partial charge in [-0.05, 0) is 58.9 Å². The fourth-order valence-electron chi connectivity index (χ4n) is 7.52. The Kier molecular flexibility index (Phi) is 8.17. The number of amides is 2. The number of carbonyl (C=O) groups excluding carboxylic acids is 2. The van der Waals surface area contributed by atoms with Gasteiger partial charge in [-0.2, -0.15) is 0 Å². The second-order valence-electron chi connectivity index (χ2n) is 12.6. The van der Waals surface area contributed by atoms with Gasteiger partial charge in [0.05, 0.1) is 0 Å². The van der Waals surface area contributed by atoms with Crippen molar-refractivity contribution in [2.24, 2.45) is 11.7 Å². The topological polar surface area (TPSA) is 171 Å². The van der Waals surface area contributed by atoms with Crippen LogP contribution in [-0.4, -0.2) is 56.9 Å². The number of hydrogen-bond acceptors (Lipinski definition) is 5. The largest absolute Gasteiger partial charge is 0.479 e. The molecule has 1 aliphatic rings. The van der Waals surface area contributed by atoms with E-state index in [1.807, 2.05) is 79.7 Å². The molecule has 2 atom stereocenters. The van der Waals surface area contributed by atoms with Crippen LogP contribution in [0.15, 0.2) is 97.1 Å². The molecule has 2 aromatic heterocycles. The van der Waals surface area contributed by atoms with E-state index in [0.717, 1.165) is 38.9 Å². The highest BCUT2D eigenvalue weighted by molar-refractivity contribution is 6.00. The Labute approximate surface area is 281 Å². The highest BCUT2D eigenvalue weighted by atomic mass is 16.5. The highest BCUT2D eigenvalue weighted by Gasteiger charge is 2.49. The van der Waals surface area contributed by atoms with E-state index in [4.69, 9.17) is 10.5 Å². The standard InChI is InChI=1S/C39H36N4O6/c1-22-31(29-15-7-8-16-33(29)41-22)19-39(37(46)47,23(20-44)18-30-28-14-6-9-17-34(28)42-35(30)36(40)45)43-38(48)49-21-32-26-12-4-2-10-24(26)25-11-3-5-13-27(25)32/h2-17,23,32,41-42,44H,18-21H2,1H3,(H2,40,45)(H,43,48)(H,46,47)/t23-,39+/m0/s1. The summed E-state index contributed by atoms with van der Waals surface area (Å²) in [5, 5.41) is 26.3. The van der Waals surface area contributed by atoms with E-state index < -0.39 is 36.0 Å². The number of carboxylic acid groups (broad SMARTS) is 1. The molecule has 0 spiro atoms. The van der Waals surface area contributed by atoms with E-state index in [2.05, 4.69) is 15.3 Å². The number of fused-ring (bicyclic) bond motifs is 5. The van der Waals surface area contributed by atoms with Gasteiger partial charge in [0.1, 0.15) is 17.8 Å². The molecule has 10 nitrogen and oxygen atoms in total. The minimum absolute atomic E-state index is 0.0280. The smallest absolute Gasteiger partial charge is 0.408 e. The molecule has 0 bridgehead atoms. The zero-order valence-electron chi connectivity index (χ0n) is 26.8. The number of rotatable bonds is 11. The Morgan fingerprint density at radius 2 is 1.39 bits per heavy atom. The second kappa shape index (κ2) is 12.6. The lowest BCUT2D eigenvalue weighted by Gasteiger charge is -2.37. The molecular weight excluding hydrogens is 620 g/mol. The van der Waals surface area contributed by atoms with Gasteiger partial charge in [0.15, 0.2) is 0 Å². The van der Waals surface area contributed by atoms with E-state index >= 15 is 0 Å². The zero-order valence-corrected chi connectivity index (χ0v) is 26.8. The van der Waals surface area contributed by atoms with Crippen LogP contribution in [-0.2, 0) is 22.4 Å². The van der Waals surface area contributed by atoms with Crippen LogP contribution in [0.2, 0.25) is 0 Å². The first kappa shape index (κ1) is 31.7. The van der Waals surface area contributed by atoms with Crippen molar-refractivity contribution in [1.82, 2.24) is 15.3 Å². The van der Waals surface area contributed by atoms with Crippen LogP contribution in [0.5, 0.6) is 0 Å². The van der Waals surface area contributed by atoms with Gasteiger partial charge < -0.3 is 36.0 Å². The van der Waals surface area contributed by atoms with Gasteiger partial charge in [-0.25, -0.2) is 9.59 Å². The van der Waals surface area contributed by atoms with Crippen LogP contribution in [0.25, 0.3) is 32.9 Å². The zero-order chi connectivity index (χ0) is 34.3. The van der Waals surface area contributed by atoms with Crippen molar-refractivity contribution in [2.75, 3.05) is 13.2 Å². The molecule has 1 aliphatic carbocycles. The highest BCUT2D eigenvalue weighted by Crippen LogP contribution is 2.44. The number of aryl methyl sites for hydroxylation is 1. The number of para-hydroxylation sites is 2. The Bertz CT molecular complexity index is 2190. The summed E-state index contributed by atoms with van der Waals surface area (Å²) in [6.45, 7) is 1.18. The molecular formula is C39H36N4O6. The number of carboxylic acids is 1. The van der Waals surface area contributed by atoms with Gasteiger partial charge >= 0.3 is 12.1 Å². The Morgan fingerprint density at radius 1 is 0.837 bits per heavy atom. The average molecular weight is 657 g/mol. The van der Waals surface area contributed by atoms with Gasteiger partial charge in [0.25, 0.3) is 5.91 Å². The molecule has 49 heavy (non-hydrogen) atoms. The molecule has 7 rings (SSSR count). The normalized spacial score (nSPS) is 14.2. The van der Waals surface area contributed by atoms with Crippen LogP contribution in [0.1, 0.15) is 44.4 Å². The summed E-state index contributed by atoms with van der Waals surface area (Å²) in [5.41, 5.74) is 11.3. The van der Waals surface area contributed by atoms with Crippen molar-refractivity contribution in [3.05, 3.63) is 131 Å². The maximum Gasteiger partial charge on any atom is 0.408 e. The van der Waals surface area contributed by atoms with Crippen molar-refractivity contribution >= 4 is 39.8 Å². The first-order valence-corrected chi connectivity index (χ1v) is 16.1. The minimum Gasteiger partial charge on any atom is -0.479 e. The molecule has 7 N–H and O–H groups in total. The quantitative estimate of drug-likeness (QED) is 0.103. The maximum absolute atomic E-state index is 13.9.